The summed E-state index contributed by atoms with van der Waals surface area (Å²) in [5, 5.41) is 13.0. The fraction of sp³-hybridized carbons (Fsp3) is 0.500. The van der Waals surface area contributed by atoms with Gasteiger partial charge >= 0.3 is 0 Å². The number of nitrogens with zero attached hydrogens (tertiary/aromatic N) is 3. The number of para-hydroxylation sites is 2. The summed E-state index contributed by atoms with van der Waals surface area (Å²) in [7, 11) is 0. The first-order chi connectivity index (χ1) is 10.8. The fourth-order valence-electron chi connectivity index (χ4n) is 2.75. The van der Waals surface area contributed by atoms with E-state index in [9.17, 15) is 5.11 Å². The van der Waals surface area contributed by atoms with E-state index < -0.39 is 0 Å². The summed E-state index contributed by atoms with van der Waals surface area (Å²) in [6, 6.07) is 8.04. The number of imidazole rings is 1. The highest BCUT2D eigenvalue weighted by molar-refractivity contribution is 14.0. The van der Waals surface area contributed by atoms with E-state index in [1.54, 1.807) is 0 Å². The molecule has 7 heteroatoms. The van der Waals surface area contributed by atoms with Crippen LogP contribution in [0, 0.1) is 0 Å². The molecule has 2 heterocycles. The van der Waals surface area contributed by atoms with E-state index >= 15 is 0 Å². The van der Waals surface area contributed by atoms with Crippen LogP contribution >= 0.6 is 24.0 Å². The van der Waals surface area contributed by atoms with Crippen LogP contribution in [0.2, 0.25) is 0 Å². The van der Waals surface area contributed by atoms with E-state index in [0.717, 1.165) is 48.7 Å². The molecule has 1 aromatic carbocycles. The van der Waals surface area contributed by atoms with Crippen LogP contribution in [0.3, 0.4) is 0 Å². The van der Waals surface area contributed by atoms with Gasteiger partial charge in [-0.1, -0.05) is 12.1 Å². The molecular formula is C16H24IN5O. The Bertz CT molecular complexity index is 624. The van der Waals surface area contributed by atoms with Gasteiger partial charge in [-0.2, -0.15) is 0 Å². The highest BCUT2D eigenvalue weighted by Gasteiger charge is 2.22. The number of guanidine groups is 1. The van der Waals surface area contributed by atoms with Gasteiger partial charge in [0.15, 0.2) is 5.96 Å². The molecule has 23 heavy (non-hydrogen) atoms. The lowest BCUT2D eigenvalue weighted by Crippen LogP contribution is -2.40. The van der Waals surface area contributed by atoms with Crippen molar-refractivity contribution >= 4 is 41.0 Å². The van der Waals surface area contributed by atoms with Crippen LogP contribution in [0.4, 0.5) is 0 Å². The van der Waals surface area contributed by atoms with Crippen molar-refractivity contribution < 1.29 is 5.11 Å². The molecule has 1 aliphatic heterocycles. The number of likely N-dealkylation sites (tertiary alicyclic amines) is 1. The summed E-state index contributed by atoms with van der Waals surface area (Å²) >= 11 is 0. The third kappa shape index (κ3) is 4.57. The Morgan fingerprint density at radius 1 is 1.48 bits per heavy atom. The van der Waals surface area contributed by atoms with Crippen molar-refractivity contribution in [2.75, 3.05) is 26.2 Å². The third-order valence-electron chi connectivity index (χ3n) is 3.85. The Morgan fingerprint density at radius 2 is 2.30 bits per heavy atom. The molecule has 1 atom stereocenters. The van der Waals surface area contributed by atoms with Gasteiger partial charge < -0.3 is 20.3 Å². The molecule has 1 fully saturated rings. The minimum atomic E-state index is -0.237. The average molecular weight is 429 g/mol. The molecule has 1 aliphatic rings. The second-order valence-electron chi connectivity index (χ2n) is 5.57. The van der Waals surface area contributed by atoms with E-state index in [2.05, 4.69) is 32.1 Å². The quantitative estimate of drug-likeness (QED) is 0.393. The Labute approximate surface area is 153 Å². The van der Waals surface area contributed by atoms with Crippen molar-refractivity contribution in [2.45, 2.75) is 25.9 Å². The monoisotopic (exact) mass is 429 g/mol. The van der Waals surface area contributed by atoms with Crippen molar-refractivity contribution in [1.82, 2.24) is 20.2 Å². The average Bonchev–Trinajstić information content (AvgIpc) is 3.12. The maximum absolute atomic E-state index is 9.66. The number of aliphatic hydroxyl groups is 1. The molecule has 0 amide bonds. The molecule has 0 saturated carbocycles. The molecule has 126 valence electrons. The van der Waals surface area contributed by atoms with Crippen molar-refractivity contribution in [3.8, 4) is 0 Å². The number of rotatable bonds is 4. The first kappa shape index (κ1) is 18.0. The predicted molar refractivity (Wildman–Crippen MR) is 103 cm³/mol. The number of H-pyrrole nitrogens is 1. The van der Waals surface area contributed by atoms with Crippen LogP contribution in [0.1, 0.15) is 19.2 Å². The maximum atomic E-state index is 9.66. The minimum absolute atomic E-state index is 0. The standard InChI is InChI=1S/C16H23N5O.HI/c1-2-17-16(21-10-8-12(22)11-21)18-9-7-15-19-13-5-3-4-6-14(13)20-15;/h3-6,12,22H,2,7-11H2,1H3,(H,17,18)(H,19,20);1H/t12-;/m1./s1. The van der Waals surface area contributed by atoms with E-state index in [-0.39, 0.29) is 30.1 Å². The van der Waals surface area contributed by atoms with Gasteiger partial charge in [-0.15, -0.1) is 24.0 Å². The van der Waals surface area contributed by atoms with Gasteiger partial charge in [0.25, 0.3) is 0 Å². The number of hydrogen-bond acceptors (Lipinski definition) is 3. The number of nitrogens with one attached hydrogen (secondary N) is 2. The minimum Gasteiger partial charge on any atom is -0.391 e. The van der Waals surface area contributed by atoms with Crippen molar-refractivity contribution in [3.05, 3.63) is 30.1 Å². The normalized spacial score (nSPS) is 18.3. The number of aromatic nitrogens is 2. The Hall–Kier alpha value is -1.35. The lowest BCUT2D eigenvalue weighted by Gasteiger charge is -2.20. The first-order valence-electron chi connectivity index (χ1n) is 7.91. The SMILES string of the molecule is CCNC(=NCCc1nc2ccccc2[nH]1)N1CC[C@@H](O)C1.I. The molecule has 1 saturated heterocycles. The predicted octanol–water partition coefficient (Wildman–Crippen LogP) is 1.76. The molecule has 3 N–H and O–H groups in total. The highest BCUT2D eigenvalue weighted by atomic mass is 127. The number of halogens is 1. The Balaban J connectivity index is 0.00000192. The van der Waals surface area contributed by atoms with Crippen molar-refractivity contribution in [3.63, 3.8) is 0 Å². The van der Waals surface area contributed by atoms with Gasteiger partial charge in [0, 0.05) is 32.6 Å². The maximum Gasteiger partial charge on any atom is 0.194 e. The Morgan fingerprint density at radius 3 is 3.00 bits per heavy atom. The third-order valence-corrected chi connectivity index (χ3v) is 3.85. The van der Waals surface area contributed by atoms with E-state index in [0.29, 0.717) is 13.1 Å². The smallest absolute Gasteiger partial charge is 0.194 e. The lowest BCUT2D eigenvalue weighted by molar-refractivity contribution is 0.188. The molecule has 2 aromatic rings. The zero-order chi connectivity index (χ0) is 15.4. The number of β-amino-alcohol motifs (C(OH)–C–C–N with tert-alkyl or cyclic N) is 1. The summed E-state index contributed by atoms with van der Waals surface area (Å²) < 4.78 is 0. The van der Waals surface area contributed by atoms with Crippen LogP contribution in [0.5, 0.6) is 0 Å². The van der Waals surface area contributed by atoms with E-state index in [1.807, 2.05) is 24.3 Å². The number of aliphatic hydroxyl groups excluding tert-OH is 1. The summed E-state index contributed by atoms with van der Waals surface area (Å²) in [4.78, 5) is 14.7. The zero-order valence-electron chi connectivity index (χ0n) is 13.3. The van der Waals surface area contributed by atoms with Crippen molar-refractivity contribution in [1.29, 1.82) is 0 Å². The molecule has 6 nitrogen and oxygen atoms in total. The van der Waals surface area contributed by atoms with Crippen LogP contribution in [0.25, 0.3) is 11.0 Å². The molecular weight excluding hydrogens is 405 g/mol. The fourth-order valence-corrected chi connectivity index (χ4v) is 2.75. The second kappa shape index (κ2) is 8.49. The largest absolute Gasteiger partial charge is 0.391 e. The summed E-state index contributed by atoms with van der Waals surface area (Å²) in [6.45, 7) is 5.08. The van der Waals surface area contributed by atoms with Gasteiger partial charge in [0.1, 0.15) is 5.82 Å². The summed E-state index contributed by atoms with van der Waals surface area (Å²) in [6.07, 6.45) is 1.35. The molecule has 1 aromatic heterocycles. The van der Waals surface area contributed by atoms with Gasteiger partial charge in [0.05, 0.1) is 17.1 Å². The van der Waals surface area contributed by atoms with Crippen molar-refractivity contribution in [2.24, 2.45) is 4.99 Å². The molecule has 0 unspecified atom stereocenters. The lowest BCUT2D eigenvalue weighted by atomic mass is 10.3. The molecule has 0 bridgehead atoms. The molecule has 0 radical (unpaired) electrons. The number of hydrogen-bond donors (Lipinski definition) is 3. The van der Waals surface area contributed by atoms with Gasteiger partial charge in [0.2, 0.25) is 0 Å². The molecule has 3 rings (SSSR count). The van der Waals surface area contributed by atoms with E-state index in [4.69, 9.17) is 0 Å². The highest BCUT2D eigenvalue weighted by Crippen LogP contribution is 2.11. The van der Waals surface area contributed by atoms with Gasteiger partial charge in [-0.05, 0) is 25.5 Å². The molecule has 0 spiro atoms. The topological polar surface area (TPSA) is 76.5 Å². The van der Waals surface area contributed by atoms with Gasteiger partial charge in [-0.25, -0.2) is 4.98 Å². The zero-order valence-corrected chi connectivity index (χ0v) is 15.7. The number of benzene rings is 1. The Kier molecular flexibility index (Phi) is 6.64. The van der Waals surface area contributed by atoms with Crippen LogP contribution in [-0.2, 0) is 6.42 Å². The second-order valence-corrected chi connectivity index (χ2v) is 5.57. The molecule has 0 aliphatic carbocycles. The first-order valence-corrected chi connectivity index (χ1v) is 7.91. The van der Waals surface area contributed by atoms with E-state index in [1.165, 1.54) is 0 Å². The number of aliphatic imine (C=N–C) groups is 1. The summed E-state index contributed by atoms with van der Waals surface area (Å²) in [5.74, 6) is 1.84. The van der Waals surface area contributed by atoms with Crippen LogP contribution in [-0.4, -0.2) is 58.2 Å². The number of fused-ring (bicyclic) bond motifs is 1. The summed E-state index contributed by atoms with van der Waals surface area (Å²) in [5.41, 5.74) is 2.06. The number of aromatic amines is 1. The van der Waals surface area contributed by atoms with Crippen LogP contribution in [0.15, 0.2) is 29.3 Å². The van der Waals surface area contributed by atoms with Gasteiger partial charge in [-0.3, -0.25) is 4.99 Å². The van der Waals surface area contributed by atoms with Crippen LogP contribution < -0.4 is 5.32 Å².